The summed E-state index contributed by atoms with van der Waals surface area (Å²) < 4.78 is 42.8. The van der Waals surface area contributed by atoms with Crippen LogP contribution in [0.4, 0.5) is 13.2 Å². The summed E-state index contributed by atoms with van der Waals surface area (Å²) in [6.45, 7) is 1.65. The van der Waals surface area contributed by atoms with Crippen molar-refractivity contribution < 1.29 is 17.9 Å². The number of alkyl halides is 3. The first-order chi connectivity index (χ1) is 8.48. The molecule has 19 heavy (non-hydrogen) atoms. The van der Waals surface area contributed by atoms with E-state index < -0.39 is 11.7 Å². The third-order valence-corrected chi connectivity index (χ3v) is 3.67. The summed E-state index contributed by atoms with van der Waals surface area (Å²) in [5, 5.41) is 0. The minimum atomic E-state index is -4.29. The van der Waals surface area contributed by atoms with E-state index in [1.807, 2.05) is 0 Å². The zero-order valence-corrected chi connectivity index (χ0v) is 11.2. The van der Waals surface area contributed by atoms with E-state index in [0.717, 1.165) is 30.5 Å². The quantitative estimate of drug-likeness (QED) is 0.910. The molecular formula is C13H17ClF3NO. The monoisotopic (exact) mass is 295 g/mol. The fourth-order valence-corrected chi connectivity index (χ4v) is 2.39. The number of nitrogens with two attached hydrogens (primary N) is 1. The van der Waals surface area contributed by atoms with Crippen molar-refractivity contribution in [1.29, 1.82) is 0 Å². The van der Waals surface area contributed by atoms with Gasteiger partial charge < -0.3 is 10.5 Å². The van der Waals surface area contributed by atoms with Crippen LogP contribution in [0.5, 0.6) is 0 Å². The topological polar surface area (TPSA) is 35.2 Å². The molecule has 6 heteroatoms. The van der Waals surface area contributed by atoms with Gasteiger partial charge in [0.05, 0.1) is 5.56 Å². The molecular weight excluding hydrogens is 279 g/mol. The van der Waals surface area contributed by atoms with Crippen molar-refractivity contribution in [3.63, 3.8) is 0 Å². The molecule has 2 nitrogen and oxygen atoms in total. The van der Waals surface area contributed by atoms with Crippen LogP contribution in [-0.2, 0) is 16.3 Å². The number of hydrogen-bond acceptors (Lipinski definition) is 2. The minimum absolute atomic E-state index is 0. The Bertz CT molecular complexity index is 399. The molecule has 2 rings (SSSR count). The van der Waals surface area contributed by atoms with Gasteiger partial charge >= 0.3 is 6.18 Å². The number of ether oxygens (including phenoxy) is 1. The van der Waals surface area contributed by atoms with Gasteiger partial charge in [0.15, 0.2) is 0 Å². The molecule has 108 valence electrons. The second-order valence-electron chi connectivity index (χ2n) is 4.67. The first-order valence-electron chi connectivity index (χ1n) is 5.93. The maximum absolute atomic E-state index is 12.5. The Hall–Kier alpha value is -0.780. The lowest BCUT2D eigenvalue weighted by atomic mass is 9.74. The van der Waals surface area contributed by atoms with Crippen LogP contribution < -0.4 is 5.73 Å². The Morgan fingerprint density at radius 3 is 2.05 bits per heavy atom. The molecule has 0 atom stereocenters. The van der Waals surface area contributed by atoms with Crippen molar-refractivity contribution in [2.45, 2.75) is 24.4 Å². The Balaban J connectivity index is 0.00000180. The van der Waals surface area contributed by atoms with Gasteiger partial charge in [0.1, 0.15) is 0 Å². The highest BCUT2D eigenvalue weighted by Crippen LogP contribution is 2.36. The van der Waals surface area contributed by atoms with Crippen LogP contribution in [-0.4, -0.2) is 19.8 Å². The average Bonchev–Trinajstić information content (AvgIpc) is 2.39. The van der Waals surface area contributed by atoms with E-state index in [-0.39, 0.29) is 17.8 Å². The Morgan fingerprint density at radius 1 is 1.11 bits per heavy atom. The molecule has 0 unspecified atom stereocenters. The summed E-state index contributed by atoms with van der Waals surface area (Å²) in [7, 11) is 0. The largest absolute Gasteiger partial charge is 0.416 e. The van der Waals surface area contributed by atoms with Gasteiger partial charge in [-0.15, -0.1) is 12.4 Å². The summed E-state index contributed by atoms with van der Waals surface area (Å²) in [6.07, 6.45) is -2.77. The maximum Gasteiger partial charge on any atom is 0.416 e. The lowest BCUT2D eigenvalue weighted by Crippen LogP contribution is -2.40. The predicted octanol–water partition coefficient (Wildman–Crippen LogP) is 3.13. The highest BCUT2D eigenvalue weighted by molar-refractivity contribution is 5.85. The molecule has 1 aliphatic rings. The molecule has 1 fully saturated rings. The molecule has 0 saturated carbocycles. The molecule has 0 bridgehead atoms. The Kier molecular flexibility index (Phi) is 5.24. The van der Waals surface area contributed by atoms with E-state index in [1.54, 1.807) is 12.1 Å². The maximum atomic E-state index is 12.5. The smallest absolute Gasteiger partial charge is 0.381 e. The fraction of sp³-hybridized carbons (Fsp3) is 0.538. The molecule has 1 heterocycles. The van der Waals surface area contributed by atoms with Crippen LogP contribution in [0.3, 0.4) is 0 Å². The number of halogens is 4. The van der Waals surface area contributed by atoms with E-state index >= 15 is 0 Å². The van der Waals surface area contributed by atoms with Crippen molar-refractivity contribution >= 4 is 12.4 Å². The number of hydrogen-bond donors (Lipinski definition) is 1. The first-order valence-corrected chi connectivity index (χ1v) is 5.93. The summed E-state index contributed by atoms with van der Waals surface area (Å²) in [5.41, 5.74) is 5.84. The van der Waals surface area contributed by atoms with Crippen LogP contribution in [0.1, 0.15) is 24.0 Å². The van der Waals surface area contributed by atoms with E-state index in [4.69, 9.17) is 10.5 Å². The van der Waals surface area contributed by atoms with Gasteiger partial charge in [-0.3, -0.25) is 0 Å². The van der Waals surface area contributed by atoms with Crippen LogP contribution in [0, 0.1) is 0 Å². The summed E-state index contributed by atoms with van der Waals surface area (Å²) in [5.74, 6) is 0. The molecule has 0 amide bonds. The second-order valence-corrected chi connectivity index (χ2v) is 4.67. The van der Waals surface area contributed by atoms with Crippen LogP contribution in [0.15, 0.2) is 24.3 Å². The average molecular weight is 296 g/mol. The molecule has 1 aromatic rings. The third kappa shape index (κ3) is 3.41. The Labute approximate surface area is 116 Å². The lowest BCUT2D eigenvalue weighted by Gasteiger charge is -2.36. The van der Waals surface area contributed by atoms with Crippen molar-refractivity contribution in [2.24, 2.45) is 5.73 Å². The first kappa shape index (κ1) is 16.3. The summed E-state index contributed by atoms with van der Waals surface area (Å²) in [4.78, 5) is 0. The molecule has 2 N–H and O–H groups in total. The molecule has 1 aromatic carbocycles. The van der Waals surface area contributed by atoms with Crippen LogP contribution in [0.2, 0.25) is 0 Å². The van der Waals surface area contributed by atoms with Gasteiger partial charge in [-0.25, -0.2) is 0 Å². The van der Waals surface area contributed by atoms with Gasteiger partial charge in [0, 0.05) is 25.2 Å². The van der Waals surface area contributed by atoms with Crippen molar-refractivity contribution in [3.05, 3.63) is 35.4 Å². The molecule has 0 spiro atoms. The van der Waals surface area contributed by atoms with E-state index in [2.05, 4.69) is 0 Å². The second kappa shape index (κ2) is 6.11. The highest BCUT2D eigenvalue weighted by Gasteiger charge is 2.35. The van der Waals surface area contributed by atoms with Crippen molar-refractivity contribution in [3.8, 4) is 0 Å². The third-order valence-electron chi connectivity index (χ3n) is 3.67. The summed E-state index contributed by atoms with van der Waals surface area (Å²) >= 11 is 0. The van der Waals surface area contributed by atoms with E-state index in [1.165, 1.54) is 0 Å². The van der Waals surface area contributed by atoms with Gasteiger partial charge in [-0.05, 0) is 30.5 Å². The van der Waals surface area contributed by atoms with Crippen molar-refractivity contribution in [2.75, 3.05) is 19.8 Å². The number of rotatable bonds is 2. The highest BCUT2D eigenvalue weighted by atomic mass is 35.5. The minimum Gasteiger partial charge on any atom is -0.381 e. The zero-order chi connectivity index (χ0) is 13.2. The molecule has 0 radical (unpaired) electrons. The van der Waals surface area contributed by atoms with E-state index in [9.17, 15) is 13.2 Å². The Morgan fingerprint density at radius 2 is 1.63 bits per heavy atom. The molecule has 1 aliphatic heterocycles. The molecule has 1 saturated heterocycles. The van der Waals surface area contributed by atoms with Gasteiger partial charge in [-0.2, -0.15) is 13.2 Å². The predicted molar refractivity (Wildman–Crippen MR) is 69.5 cm³/mol. The lowest BCUT2D eigenvalue weighted by molar-refractivity contribution is -0.137. The standard InChI is InChI=1S/C13H16F3NO.ClH/c14-13(15,16)11-3-1-10(2-4-11)12(9-17)5-7-18-8-6-12;/h1-4H,5-9,17H2;1H. The van der Waals surface area contributed by atoms with E-state index in [0.29, 0.717) is 19.8 Å². The van der Waals surface area contributed by atoms with Crippen LogP contribution in [0.25, 0.3) is 0 Å². The van der Waals surface area contributed by atoms with Gasteiger partial charge in [0.25, 0.3) is 0 Å². The van der Waals surface area contributed by atoms with Crippen LogP contribution >= 0.6 is 12.4 Å². The normalized spacial score (nSPS) is 18.7. The summed E-state index contributed by atoms with van der Waals surface area (Å²) in [6, 6.07) is 5.34. The molecule has 0 aromatic heterocycles. The zero-order valence-electron chi connectivity index (χ0n) is 10.4. The molecule has 0 aliphatic carbocycles. The SMILES string of the molecule is Cl.NCC1(c2ccc(C(F)(F)F)cc2)CCOCC1. The van der Waals surface area contributed by atoms with Crippen molar-refractivity contribution in [1.82, 2.24) is 0 Å². The van der Waals surface area contributed by atoms with Gasteiger partial charge in [-0.1, -0.05) is 12.1 Å². The fourth-order valence-electron chi connectivity index (χ4n) is 2.39. The number of benzene rings is 1. The van der Waals surface area contributed by atoms with Gasteiger partial charge in [0.2, 0.25) is 0 Å².